The van der Waals surface area contributed by atoms with E-state index in [0.29, 0.717) is 5.95 Å². The van der Waals surface area contributed by atoms with E-state index in [4.69, 9.17) is 4.98 Å². The van der Waals surface area contributed by atoms with Crippen molar-refractivity contribution in [1.29, 1.82) is 0 Å². The number of aryl methyl sites for hydroxylation is 1. The highest BCUT2D eigenvalue weighted by Gasteiger charge is 2.18. The van der Waals surface area contributed by atoms with Crippen LogP contribution in [0.1, 0.15) is 25.5 Å². The van der Waals surface area contributed by atoms with E-state index < -0.39 is 0 Å². The van der Waals surface area contributed by atoms with Gasteiger partial charge in [0.1, 0.15) is 5.82 Å². The van der Waals surface area contributed by atoms with Crippen LogP contribution in [0, 0.1) is 12.8 Å². The van der Waals surface area contributed by atoms with Crippen LogP contribution in [-0.2, 0) is 0 Å². The molecule has 0 amide bonds. The highest BCUT2D eigenvalue weighted by atomic mass is 15.2. The molecule has 0 radical (unpaired) electrons. The number of hydrogen-bond donors (Lipinski definition) is 1. The minimum absolute atomic E-state index is 0.631. The summed E-state index contributed by atoms with van der Waals surface area (Å²) in [4.78, 5) is 16.2. The van der Waals surface area contributed by atoms with E-state index in [1.165, 1.54) is 12.8 Å². The average molecular weight is 333 g/mol. The monoisotopic (exact) mass is 333 g/mol. The lowest BCUT2D eigenvalue weighted by molar-refractivity contribution is 0.436. The molecule has 3 aromatic rings. The zero-order valence-corrected chi connectivity index (χ0v) is 14.7. The van der Waals surface area contributed by atoms with Gasteiger partial charge in [-0.25, -0.2) is 4.98 Å². The molecule has 5 nitrogen and oxygen atoms in total. The summed E-state index contributed by atoms with van der Waals surface area (Å²) < 4.78 is 0. The van der Waals surface area contributed by atoms with Gasteiger partial charge in [0.2, 0.25) is 5.95 Å². The van der Waals surface area contributed by atoms with Gasteiger partial charge in [-0.15, -0.1) is 0 Å². The number of nitrogens with zero attached hydrogens (tertiary/aromatic N) is 4. The van der Waals surface area contributed by atoms with Gasteiger partial charge in [-0.2, -0.15) is 4.98 Å². The molecule has 0 aliphatic carbocycles. The molecule has 1 fully saturated rings. The van der Waals surface area contributed by atoms with Crippen molar-refractivity contribution in [3.8, 4) is 0 Å². The van der Waals surface area contributed by atoms with Crippen molar-refractivity contribution in [1.82, 2.24) is 15.0 Å². The van der Waals surface area contributed by atoms with E-state index in [1.54, 1.807) is 0 Å². The van der Waals surface area contributed by atoms with E-state index in [-0.39, 0.29) is 0 Å². The van der Waals surface area contributed by atoms with E-state index in [2.05, 4.69) is 45.3 Å². The largest absolute Gasteiger partial charge is 0.356 e. The first-order valence-corrected chi connectivity index (χ1v) is 8.90. The second-order valence-corrected chi connectivity index (χ2v) is 6.87. The van der Waals surface area contributed by atoms with Crippen molar-refractivity contribution < 1.29 is 0 Å². The molecule has 25 heavy (non-hydrogen) atoms. The van der Waals surface area contributed by atoms with Crippen LogP contribution in [0.2, 0.25) is 0 Å². The number of para-hydroxylation sites is 1. The molecule has 0 atom stereocenters. The van der Waals surface area contributed by atoms with Gasteiger partial charge in [0.05, 0.1) is 11.2 Å². The van der Waals surface area contributed by atoms with Crippen LogP contribution in [0.25, 0.3) is 10.9 Å². The van der Waals surface area contributed by atoms with Crippen molar-refractivity contribution in [3.63, 3.8) is 0 Å². The quantitative estimate of drug-likeness (QED) is 0.774. The van der Waals surface area contributed by atoms with Crippen LogP contribution in [-0.4, -0.2) is 28.0 Å². The Kier molecular flexibility index (Phi) is 4.22. The predicted octanol–water partition coefficient (Wildman–Crippen LogP) is 4.31. The molecule has 1 aromatic carbocycles. The van der Waals surface area contributed by atoms with Gasteiger partial charge in [0.15, 0.2) is 0 Å². The van der Waals surface area contributed by atoms with Gasteiger partial charge >= 0.3 is 0 Å². The third-order valence-corrected chi connectivity index (χ3v) is 4.83. The molecule has 0 unspecified atom stereocenters. The number of piperidine rings is 1. The van der Waals surface area contributed by atoms with Crippen molar-refractivity contribution >= 4 is 28.4 Å². The SMILES string of the molecule is Cc1cc(N2CCC(C)CC2)nc(Nc2cccc3cccnc23)n1. The first-order chi connectivity index (χ1) is 12.2. The number of aromatic nitrogens is 3. The molecule has 0 saturated carbocycles. The first kappa shape index (κ1) is 15.8. The highest BCUT2D eigenvalue weighted by Crippen LogP contribution is 2.26. The smallest absolute Gasteiger partial charge is 0.229 e. The molecule has 0 spiro atoms. The molecule has 0 bridgehead atoms. The third kappa shape index (κ3) is 3.40. The Morgan fingerprint density at radius 2 is 1.88 bits per heavy atom. The van der Waals surface area contributed by atoms with Gasteiger partial charge in [-0.3, -0.25) is 4.98 Å². The number of pyridine rings is 1. The normalized spacial score (nSPS) is 15.5. The number of anilines is 3. The fraction of sp³-hybridized carbons (Fsp3) is 0.350. The van der Waals surface area contributed by atoms with Crippen molar-refractivity contribution in [2.45, 2.75) is 26.7 Å². The van der Waals surface area contributed by atoms with Crippen LogP contribution in [0.4, 0.5) is 17.5 Å². The maximum Gasteiger partial charge on any atom is 0.229 e. The second-order valence-electron chi connectivity index (χ2n) is 6.87. The summed E-state index contributed by atoms with van der Waals surface area (Å²) in [5.74, 6) is 2.44. The molecular formula is C20H23N5. The predicted molar refractivity (Wildman–Crippen MR) is 102 cm³/mol. The van der Waals surface area contributed by atoms with Crippen LogP contribution >= 0.6 is 0 Å². The van der Waals surface area contributed by atoms with E-state index in [0.717, 1.165) is 47.1 Å². The Morgan fingerprint density at radius 3 is 2.72 bits per heavy atom. The summed E-state index contributed by atoms with van der Waals surface area (Å²) >= 11 is 0. The zero-order valence-electron chi connectivity index (χ0n) is 14.7. The summed E-state index contributed by atoms with van der Waals surface area (Å²) in [5.41, 5.74) is 2.84. The molecular weight excluding hydrogens is 310 g/mol. The van der Waals surface area contributed by atoms with Gasteiger partial charge in [0, 0.05) is 36.4 Å². The van der Waals surface area contributed by atoms with Gasteiger partial charge in [0.25, 0.3) is 0 Å². The molecule has 1 aliphatic heterocycles. The number of nitrogens with one attached hydrogen (secondary N) is 1. The van der Waals surface area contributed by atoms with Gasteiger partial charge in [-0.1, -0.05) is 25.1 Å². The van der Waals surface area contributed by atoms with Crippen LogP contribution in [0.3, 0.4) is 0 Å². The van der Waals surface area contributed by atoms with Crippen molar-refractivity contribution in [3.05, 3.63) is 48.3 Å². The fourth-order valence-electron chi connectivity index (χ4n) is 3.33. The van der Waals surface area contributed by atoms with Crippen molar-refractivity contribution in [2.75, 3.05) is 23.3 Å². The minimum Gasteiger partial charge on any atom is -0.356 e. The lowest BCUT2D eigenvalue weighted by Crippen LogP contribution is -2.33. The van der Waals surface area contributed by atoms with Crippen molar-refractivity contribution in [2.24, 2.45) is 5.92 Å². The summed E-state index contributed by atoms with van der Waals surface area (Å²) in [6.45, 7) is 6.47. The maximum atomic E-state index is 4.76. The standard InChI is InChI=1S/C20H23N5/c1-14-8-11-25(12-9-14)18-13-15(2)22-20(24-18)23-17-7-3-5-16-6-4-10-21-19(16)17/h3-7,10,13-14H,8-9,11-12H2,1-2H3,(H,22,23,24). The minimum atomic E-state index is 0.631. The molecule has 1 N–H and O–H groups in total. The third-order valence-electron chi connectivity index (χ3n) is 4.83. The maximum absolute atomic E-state index is 4.76. The number of rotatable bonds is 3. The molecule has 1 saturated heterocycles. The lowest BCUT2D eigenvalue weighted by atomic mass is 9.99. The van der Waals surface area contributed by atoms with Crippen LogP contribution in [0.5, 0.6) is 0 Å². The zero-order chi connectivity index (χ0) is 17.2. The highest BCUT2D eigenvalue weighted by molar-refractivity contribution is 5.91. The summed E-state index contributed by atoms with van der Waals surface area (Å²) in [5, 5.41) is 4.47. The molecule has 5 heteroatoms. The van der Waals surface area contributed by atoms with Crippen LogP contribution < -0.4 is 10.2 Å². The Labute approximate surface area is 148 Å². The topological polar surface area (TPSA) is 53.9 Å². The van der Waals surface area contributed by atoms with Gasteiger partial charge in [-0.05, 0) is 37.8 Å². The van der Waals surface area contributed by atoms with Crippen LogP contribution in [0.15, 0.2) is 42.6 Å². The molecule has 1 aliphatic rings. The summed E-state index contributed by atoms with van der Waals surface area (Å²) in [7, 11) is 0. The van der Waals surface area contributed by atoms with E-state index in [1.807, 2.05) is 31.3 Å². The lowest BCUT2D eigenvalue weighted by Gasteiger charge is -2.31. The van der Waals surface area contributed by atoms with E-state index >= 15 is 0 Å². The Bertz CT molecular complexity index is 879. The summed E-state index contributed by atoms with van der Waals surface area (Å²) in [6.07, 6.45) is 4.25. The number of hydrogen-bond acceptors (Lipinski definition) is 5. The Hall–Kier alpha value is -2.69. The molecule has 128 valence electrons. The number of fused-ring (bicyclic) bond motifs is 1. The van der Waals surface area contributed by atoms with Gasteiger partial charge < -0.3 is 10.2 Å². The Balaban J connectivity index is 1.64. The van der Waals surface area contributed by atoms with E-state index in [9.17, 15) is 0 Å². The Morgan fingerprint density at radius 1 is 1.08 bits per heavy atom. The summed E-state index contributed by atoms with van der Waals surface area (Å²) in [6, 6.07) is 12.2. The average Bonchev–Trinajstić information content (AvgIpc) is 2.62. The molecule has 3 heterocycles. The molecule has 4 rings (SSSR count). The first-order valence-electron chi connectivity index (χ1n) is 8.90. The second kappa shape index (κ2) is 6.67. The number of benzene rings is 1. The fourth-order valence-corrected chi connectivity index (χ4v) is 3.33. The molecule has 2 aromatic heterocycles.